The molecule has 1 atom stereocenters. The van der Waals surface area contributed by atoms with Crippen LogP contribution in [0.15, 0.2) is 48.6 Å². The number of allylic oxidation sites excluding steroid dienone is 8. The molecule has 0 heterocycles. The molecule has 0 bridgehead atoms. The van der Waals surface area contributed by atoms with Gasteiger partial charge in [0.1, 0.15) is 13.2 Å². The van der Waals surface area contributed by atoms with E-state index in [1.54, 1.807) is 0 Å². The summed E-state index contributed by atoms with van der Waals surface area (Å²) in [6.45, 7) is 6.60. The van der Waals surface area contributed by atoms with Crippen molar-refractivity contribution in [3.8, 4) is 0 Å². The van der Waals surface area contributed by atoms with E-state index >= 15 is 0 Å². The van der Waals surface area contributed by atoms with E-state index in [-0.39, 0.29) is 31.1 Å². The molecule has 1 unspecified atom stereocenters. The summed E-state index contributed by atoms with van der Waals surface area (Å²) >= 11 is 0. The Morgan fingerprint density at radius 1 is 0.299 bits per heavy atom. The van der Waals surface area contributed by atoms with Crippen molar-refractivity contribution in [2.45, 2.75) is 309 Å². The molecule has 67 heavy (non-hydrogen) atoms. The van der Waals surface area contributed by atoms with Crippen LogP contribution in [0.4, 0.5) is 0 Å². The van der Waals surface area contributed by atoms with Gasteiger partial charge >= 0.3 is 17.9 Å². The average molecular weight is 940 g/mol. The van der Waals surface area contributed by atoms with Gasteiger partial charge in [-0.05, 0) is 96.3 Å². The van der Waals surface area contributed by atoms with Gasteiger partial charge in [0, 0.05) is 19.3 Å². The number of rotatable bonds is 53. The van der Waals surface area contributed by atoms with Gasteiger partial charge in [0.15, 0.2) is 6.10 Å². The van der Waals surface area contributed by atoms with Gasteiger partial charge in [0.05, 0.1) is 0 Å². The fraction of sp³-hybridized carbons (Fsp3) is 0.820. The van der Waals surface area contributed by atoms with Crippen LogP contribution in [0, 0.1) is 0 Å². The van der Waals surface area contributed by atoms with Crippen LogP contribution in [-0.4, -0.2) is 37.2 Å². The Labute approximate surface area is 416 Å². The lowest BCUT2D eigenvalue weighted by atomic mass is 10.0. The summed E-state index contributed by atoms with van der Waals surface area (Å²) in [5.41, 5.74) is 0. The molecule has 0 N–H and O–H groups in total. The van der Waals surface area contributed by atoms with Crippen LogP contribution in [0.25, 0.3) is 0 Å². The summed E-state index contributed by atoms with van der Waals surface area (Å²) in [6, 6.07) is 0. The first-order chi connectivity index (χ1) is 33.0. The molecule has 0 aliphatic heterocycles. The van der Waals surface area contributed by atoms with Gasteiger partial charge in [-0.2, -0.15) is 0 Å². The van der Waals surface area contributed by atoms with E-state index in [0.717, 1.165) is 83.5 Å². The molecule has 0 aromatic carbocycles. The number of hydrogen-bond acceptors (Lipinski definition) is 6. The average Bonchev–Trinajstić information content (AvgIpc) is 3.33. The van der Waals surface area contributed by atoms with Crippen molar-refractivity contribution in [1.82, 2.24) is 0 Å². The number of carbonyl (C=O) groups is 3. The summed E-state index contributed by atoms with van der Waals surface area (Å²) in [4.78, 5) is 38.1. The van der Waals surface area contributed by atoms with Crippen LogP contribution in [0.5, 0.6) is 0 Å². The number of ether oxygens (including phenoxy) is 3. The van der Waals surface area contributed by atoms with Crippen molar-refractivity contribution >= 4 is 17.9 Å². The number of esters is 3. The van der Waals surface area contributed by atoms with E-state index in [9.17, 15) is 14.4 Å². The van der Waals surface area contributed by atoms with Gasteiger partial charge < -0.3 is 14.2 Å². The molecule has 0 aliphatic carbocycles. The van der Waals surface area contributed by atoms with Crippen molar-refractivity contribution in [2.24, 2.45) is 0 Å². The Morgan fingerprint density at radius 2 is 0.552 bits per heavy atom. The number of hydrogen-bond donors (Lipinski definition) is 0. The van der Waals surface area contributed by atoms with Crippen LogP contribution >= 0.6 is 0 Å². The predicted molar refractivity (Wildman–Crippen MR) is 289 cm³/mol. The lowest BCUT2D eigenvalue weighted by Crippen LogP contribution is -2.30. The second kappa shape index (κ2) is 56.0. The molecule has 0 aromatic heterocycles. The van der Waals surface area contributed by atoms with Crippen LogP contribution in [-0.2, 0) is 28.6 Å². The zero-order chi connectivity index (χ0) is 48.6. The lowest BCUT2D eigenvalue weighted by Gasteiger charge is -2.18. The maximum absolute atomic E-state index is 12.8. The molecular formula is C61H110O6. The first-order valence-electron chi connectivity index (χ1n) is 29.1. The molecule has 0 amide bonds. The normalized spacial score (nSPS) is 12.3. The predicted octanol–water partition coefficient (Wildman–Crippen LogP) is 19.4. The van der Waals surface area contributed by atoms with Gasteiger partial charge in [-0.25, -0.2) is 0 Å². The number of carbonyl (C=O) groups excluding carboxylic acids is 3. The molecule has 390 valence electrons. The molecule has 6 nitrogen and oxygen atoms in total. The fourth-order valence-electron chi connectivity index (χ4n) is 8.33. The summed E-state index contributed by atoms with van der Waals surface area (Å²) in [5, 5.41) is 0. The summed E-state index contributed by atoms with van der Waals surface area (Å²) in [6.07, 6.45) is 68.2. The largest absolute Gasteiger partial charge is 0.462 e. The fourth-order valence-corrected chi connectivity index (χ4v) is 8.33. The van der Waals surface area contributed by atoms with Crippen LogP contribution < -0.4 is 0 Å². The van der Waals surface area contributed by atoms with Crippen molar-refractivity contribution in [3.63, 3.8) is 0 Å². The van der Waals surface area contributed by atoms with Crippen molar-refractivity contribution in [2.75, 3.05) is 13.2 Å². The SMILES string of the molecule is CCCC/C=C\CCCCCCCC(=O)OCC(COC(=O)CCCCCCCCCCCCC/C=C\C/C=C\CCCCCCC)OC(=O)CCCCCCC/C=C\CCCCCCCC. The molecule has 0 aliphatic rings. The minimum absolute atomic E-state index is 0.0786. The maximum atomic E-state index is 12.8. The van der Waals surface area contributed by atoms with Gasteiger partial charge in [-0.3, -0.25) is 14.4 Å². The van der Waals surface area contributed by atoms with Crippen LogP contribution in [0.3, 0.4) is 0 Å². The standard InChI is InChI=1S/C61H110O6/c1-4-7-10-13-16-19-22-24-26-27-28-29-30-31-32-33-35-36-39-42-45-48-51-54-60(63)66-57-58(56-65-59(62)53-50-47-44-41-38-21-18-15-12-9-6-3)67-61(64)55-52-49-46-43-40-37-34-25-23-20-17-14-11-8-5-2/h15,18,22,24-25,27-28,34,58H,4-14,16-17,19-21,23,26,29-33,35-57H2,1-3H3/b18-15-,24-22-,28-27-,34-25-. The molecular weight excluding hydrogens is 829 g/mol. The molecule has 0 saturated heterocycles. The molecule has 0 rings (SSSR count). The second-order valence-electron chi connectivity index (χ2n) is 19.5. The third kappa shape index (κ3) is 54.2. The highest BCUT2D eigenvalue weighted by atomic mass is 16.6. The Balaban J connectivity index is 4.27. The molecule has 0 saturated carbocycles. The lowest BCUT2D eigenvalue weighted by molar-refractivity contribution is -0.167. The quantitative estimate of drug-likeness (QED) is 0.0262. The first kappa shape index (κ1) is 64.4. The first-order valence-corrected chi connectivity index (χ1v) is 29.1. The minimum atomic E-state index is -0.780. The van der Waals surface area contributed by atoms with Gasteiger partial charge in [0.2, 0.25) is 0 Å². The topological polar surface area (TPSA) is 78.9 Å². The van der Waals surface area contributed by atoms with E-state index in [2.05, 4.69) is 69.4 Å². The monoisotopic (exact) mass is 939 g/mol. The summed E-state index contributed by atoms with van der Waals surface area (Å²) < 4.78 is 16.8. The van der Waals surface area contributed by atoms with Crippen molar-refractivity contribution in [1.29, 1.82) is 0 Å². The zero-order valence-corrected chi connectivity index (χ0v) is 44.7. The van der Waals surface area contributed by atoms with E-state index in [1.165, 1.54) is 180 Å². The summed E-state index contributed by atoms with van der Waals surface area (Å²) in [5.74, 6) is -0.888. The van der Waals surface area contributed by atoms with Gasteiger partial charge in [-0.15, -0.1) is 0 Å². The second-order valence-corrected chi connectivity index (χ2v) is 19.5. The Kier molecular flexibility index (Phi) is 53.8. The zero-order valence-electron chi connectivity index (χ0n) is 44.7. The van der Waals surface area contributed by atoms with Gasteiger partial charge in [0.25, 0.3) is 0 Å². The van der Waals surface area contributed by atoms with Crippen LogP contribution in [0.2, 0.25) is 0 Å². The van der Waals surface area contributed by atoms with E-state index in [1.807, 2.05) is 0 Å². The third-order valence-corrected chi connectivity index (χ3v) is 12.8. The Hall–Kier alpha value is -2.63. The van der Waals surface area contributed by atoms with Crippen molar-refractivity contribution in [3.05, 3.63) is 48.6 Å². The maximum Gasteiger partial charge on any atom is 0.306 e. The van der Waals surface area contributed by atoms with E-state index < -0.39 is 6.10 Å². The smallest absolute Gasteiger partial charge is 0.306 e. The van der Waals surface area contributed by atoms with E-state index in [4.69, 9.17) is 14.2 Å². The minimum Gasteiger partial charge on any atom is -0.462 e. The van der Waals surface area contributed by atoms with Crippen molar-refractivity contribution < 1.29 is 28.6 Å². The molecule has 6 heteroatoms. The molecule has 0 radical (unpaired) electrons. The highest BCUT2D eigenvalue weighted by molar-refractivity contribution is 5.71. The number of unbranched alkanes of at least 4 members (excludes halogenated alkanes) is 34. The highest BCUT2D eigenvalue weighted by Gasteiger charge is 2.19. The Morgan fingerprint density at radius 3 is 0.881 bits per heavy atom. The molecule has 0 spiro atoms. The highest BCUT2D eigenvalue weighted by Crippen LogP contribution is 2.16. The van der Waals surface area contributed by atoms with Gasteiger partial charge in [-0.1, -0.05) is 236 Å². The molecule has 0 aromatic rings. The van der Waals surface area contributed by atoms with Crippen LogP contribution in [0.1, 0.15) is 303 Å². The van der Waals surface area contributed by atoms with E-state index in [0.29, 0.717) is 19.3 Å². The Bertz CT molecular complexity index is 1170. The third-order valence-electron chi connectivity index (χ3n) is 12.8. The summed E-state index contributed by atoms with van der Waals surface area (Å²) in [7, 11) is 0. The molecule has 0 fully saturated rings.